The summed E-state index contributed by atoms with van der Waals surface area (Å²) in [6.45, 7) is -0.165. The number of anilines is 1. The van der Waals surface area contributed by atoms with Gasteiger partial charge in [0.2, 0.25) is 0 Å². The van der Waals surface area contributed by atoms with Crippen molar-refractivity contribution in [3.05, 3.63) is 100 Å². The van der Waals surface area contributed by atoms with Gasteiger partial charge in [0.15, 0.2) is 0 Å². The molecule has 0 N–H and O–H groups in total. The molecule has 0 bridgehead atoms. The highest BCUT2D eigenvalue weighted by Gasteiger charge is 2.37. The van der Waals surface area contributed by atoms with Crippen molar-refractivity contribution >= 4 is 39.3 Å². The summed E-state index contributed by atoms with van der Waals surface area (Å²) in [5, 5.41) is 0. The molecule has 3 aromatic rings. The first-order valence-corrected chi connectivity index (χ1v) is 9.43. The molecule has 0 spiro atoms. The normalized spacial score (nSPS) is 12.8. The fraction of sp³-hybridized carbons (Fsp3) is 0.0455. The summed E-state index contributed by atoms with van der Waals surface area (Å²) in [5.41, 5.74) is 1.78. The zero-order valence-electron chi connectivity index (χ0n) is 14.7. The Kier molecular flexibility index (Phi) is 4.79. The Morgan fingerprint density at radius 3 is 1.89 bits per heavy atom. The van der Waals surface area contributed by atoms with Crippen LogP contribution >= 0.6 is 15.9 Å². The average Bonchev–Trinajstić information content (AvgIpc) is 2.98. The molecule has 0 aromatic heterocycles. The van der Waals surface area contributed by atoms with Crippen LogP contribution in [0.5, 0.6) is 0 Å². The maximum absolute atomic E-state index is 13.2. The van der Waals surface area contributed by atoms with Gasteiger partial charge in [-0.3, -0.25) is 24.2 Å². The lowest BCUT2D eigenvalue weighted by atomic mass is 10.1. The Morgan fingerprint density at radius 1 is 0.786 bits per heavy atom. The van der Waals surface area contributed by atoms with Crippen LogP contribution in [0.3, 0.4) is 0 Å². The quantitative estimate of drug-likeness (QED) is 0.573. The fourth-order valence-electron chi connectivity index (χ4n) is 3.13. The smallest absolute Gasteiger partial charge is 0.263 e. The van der Waals surface area contributed by atoms with Gasteiger partial charge in [0.1, 0.15) is 6.67 Å². The van der Waals surface area contributed by atoms with Crippen molar-refractivity contribution in [2.24, 2.45) is 0 Å². The first kappa shape index (κ1) is 18.1. The van der Waals surface area contributed by atoms with E-state index in [0.29, 0.717) is 22.4 Å². The van der Waals surface area contributed by atoms with Gasteiger partial charge < -0.3 is 0 Å². The lowest BCUT2D eigenvalue weighted by Gasteiger charge is -2.27. The van der Waals surface area contributed by atoms with E-state index in [4.69, 9.17) is 0 Å². The van der Waals surface area contributed by atoms with E-state index in [0.717, 1.165) is 9.37 Å². The molecular formula is C22H15BrN2O3. The third kappa shape index (κ3) is 3.23. The predicted molar refractivity (Wildman–Crippen MR) is 109 cm³/mol. The van der Waals surface area contributed by atoms with E-state index in [1.54, 1.807) is 60.7 Å². The SMILES string of the molecule is O=C1c2ccccc2C(=O)N1CN(C(=O)c1ccccc1)c1ccc(Br)cc1. The molecule has 0 unspecified atom stereocenters. The summed E-state index contributed by atoms with van der Waals surface area (Å²) in [5.74, 6) is -1.09. The molecule has 0 saturated heterocycles. The minimum Gasteiger partial charge on any atom is -0.290 e. The van der Waals surface area contributed by atoms with Crippen LogP contribution in [-0.4, -0.2) is 29.3 Å². The van der Waals surface area contributed by atoms with Crippen LogP contribution in [0.2, 0.25) is 0 Å². The maximum Gasteiger partial charge on any atom is 0.263 e. The van der Waals surface area contributed by atoms with Gasteiger partial charge in [-0.2, -0.15) is 0 Å². The number of amides is 3. The highest BCUT2D eigenvalue weighted by atomic mass is 79.9. The number of nitrogens with zero attached hydrogens (tertiary/aromatic N) is 2. The molecule has 138 valence electrons. The van der Waals surface area contributed by atoms with Crippen molar-refractivity contribution in [3.8, 4) is 0 Å². The molecule has 1 heterocycles. The summed E-state index contributed by atoms with van der Waals surface area (Å²) in [6, 6.07) is 22.6. The molecule has 5 nitrogen and oxygen atoms in total. The first-order chi connectivity index (χ1) is 13.6. The molecule has 6 heteroatoms. The first-order valence-electron chi connectivity index (χ1n) is 8.64. The number of hydrogen-bond donors (Lipinski definition) is 0. The van der Waals surface area contributed by atoms with E-state index in [1.807, 2.05) is 18.2 Å². The van der Waals surface area contributed by atoms with Crippen LogP contribution in [0.1, 0.15) is 31.1 Å². The number of imide groups is 1. The fourth-order valence-corrected chi connectivity index (χ4v) is 3.39. The second kappa shape index (κ2) is 7.40. The lowest BCUT2D eigenvalue weighted by molar-refractivity contribution is 0.0650. The van der Waals surface area contributed by atoms with E-state index in [9.17, 15) is 14.4 Å². The molecule has 1 aliphatic rings. The largest absolute Gasteiger partial charge is 0.290 e. The molecule has 1 aliphatic heterocycles. The molecule has 3 amide bonds. The monoisotopic (exact) mass is 434 g/mol. The van der Waals surface area contributed by atoms with Crippen molar-refractivity contribution in [2.45, 2.75) is 0 Å². The average molecular weight is 435 g/mol. The summed E-state index contributed by atoms with van der Waals surface area (Å²) >= 11 is 3.38. The topological polar surface area (TPSA) is 57.7 Å². The zero-order valence-corrected chi connectivity index (χ0v) is 16.3. The van der Waals surface area contributed by atoms with Crippen LogP contribution < -0.4 is 4.90 Å². The van der Waals surface area contributed by atoms with Crippen molar-refractivity contribution in [2.75, 3.05) is 11.6 Å². The molecule has 0 radical (unpaired) electrons. The third-order valence-electron chi connectivity index (χ3n) is 4.57. The van der Waals surface area contributed by atoms with Crippen LogP contribution in [0.15, 0.2) is 83.3 Å². The van der Waals surface area contributed by atoms with E-state index in [-0.39, 0.29) is 12.6 Å². The number of fused-ring (bicyclic) bond motifs is 1. The van der Waals surface area contributed by atoms with Gasteiger partial charge in [0.25, 0.3) is 17.7 Å². The van der Waals surface area contributed by atoms with E-state index >= 15 is 0 Å². The lowest BCUT2D eigenvalue weighted by Crippen LogP contribution is -2.44. The summed E-state index contributed by atoms with van der Waals surface area (Å²) in [7, 11) is 0. The second-order valence-corrected chi connectivity index (χ2v) is 7.22. The molecule has 28 heavy (non-hydrogen) atoms. The Morgan fingerprint density at radius 2 is 1.32 bits per heavy atom. The van der Waals surface area contributed by atoms with Gasteiger partial charge in [0, 0.05) is 15.7 Å². The van der Waals surface area contributed by atoms with Gasteiger partial charge in [-0.1, -0.05) is 46.3 Å². The van der Waals surface area contributed by atoms with Gasteiger partial charge in [-0.25, -0.2) is 0 Å². The van der Waals surface area contributed by atoms with Crippen molar-refractivity contribution < 1.29 is 14.4 Å². The van der Waals surface area contributed by atoms with E-state index < -0.39 is 11.8 Å². The number of benzene rings is 3. The Balaban J connectivity index is 1.71. The Hall–Kier alpha value is -3.25. The van der Waals surface area contributed by atoms with Gasteiger partial charge >= 0.3 is 0 Å². The molecular weight excluding hydrogens is 420 g/mol. The van der Waals surface area contributed by atoms with Gasteiger partial charge in [-0.05, 0) is 48.5 Å². The summed E-state index contributed by atoms with van der Waals surface area (Å²) in [4.78, 5) is 41.2. The molecule has 0 fully saturated rings. The van der Waals surface area contributed by atoms with Crippen LogP contribution in [0, 0.1) is 0 Å². The van der Waals surface area contributed by atoms with Crippen LogP contribution in [0.25, 0.3) is 0 Å². The van der Waals surface area contributed by atoms with Crippen LogP contribution in [0.4, 0.5) is 5.69 Å². The molecule has 0 atom stereocenters. The predicted octanol–water partition coefficient (Wildman–Crippen LogP) is 4.35. The molecule has 0 aliphatic carbocycles. The van der Waals surface area contributed by atoms with Crippen molar-refractivity contribution in [1.29, 1.82) is 0 Å². The van der Waals surface area contributed by atoms with Crippen LogP contribution in [-0.2, 0) is 0 Å². The van der Waals surface area contributed by atoms with Gasteiger partial charge in [-0.15, -0.1) is 0 Å². The minimum atomic E-state index is -0.399. The van der Waals surface area contributed by atoms with E-state index in [2.05, 4.69) is 15.9 Å². The second-order valence-electron chi connectivity index (χ2n) is 6.30. The van der Waals surface area contributed by atoms with Crippen molar-refractivity contribution in [1.82, 2.24) is 4.90 Å². The zero-order chi connectivity index (χ0) is 19.7. The highest BCUT2D eigenvalue weighted by Crippen LogP contribution is 2.26. The van der Waals surface area contributed by atoms with E-state index in [1.165, 1.54) is 4.90 Å². The number of carbonyl (C=O) groups is 3. The Bertz CT molecular complexity index is 1030. The van der Waals surface area contributed by atoms with Crippen molar-refractivity contribution in [3.63, 3.8) is 0 Å². The maximum atomic E-state index is 13.2. The summed E-state index contributed by atoms with van der Waals surface area (Å²) in [6.07, 6.45) is 0. The highest BCUT2D eigenvalue weighted by molar-refractivity contribution is 9.10. The summed E-state index contributed by atoms with van der Waals surface area (Å²) < 4.78 is 0.865. The Labute approximate surface area is 170 Å². The third-order valence-corrected chi connectivity index (χ3v) is 5.09. The number of halogens is 1. The van der Waals surface area contributed by atoms with Gasteiger partial charge in [0.05, 0.1) is 11.1 Å². The number of rotatable bonds is 4. The standard InChI is InChI=1S/C22H15BrN2O3/c23-16-10-12-17(13-11-16)24(20(26)15-6-2-1-3-7-15)14-25-21(27)18-8-4-5-9-19(18)22(25)28/h1-13H,14H2. The molecule has 4 rings (SSSR count). The number of hydrogen-bond acceptors (Lipinski definition) is 3. The molecule has 3 aromatic carbocycles. The number of carbonyl (C=O) groups excluding carboxylic acids is 3. The molecule has 0 saturated carbocycles. The minimum absolute atomic E-state index is 0.165.